The lowest BCUT2D eigenvalue weighted by molar-refractivity contribution is 0.101. The topological polar surface area (TPSA) is 58.2 Å². The Balaban J connectivity index is 1.72. The number of carbonyl (C=O) groups is 2. The Morgan fingerprint density at radius 2 is 0.929 bits per heavy atom. The van der Waals surface area contributed by atoms with Crippen molar-refractivity contribution in [1.82, 2.24) is 0 Å². The van der Waals surface area contributed by atoms with Crippen LogP contribution in [-0.4, -0.2) is 11.8 Å². The highest BCUT2D eigenvalue weighted by Gasteiger charge is 2.13. The van der Waals surface area contributed by atoms with Crippen LogP contribution in [0.5, 0.6) is 0 Å². The van der Waals surface area contributed by atoms with Gasteiger partial charge in [-0.25, -0.2) is 0 Å². The molecule has 0 unspecified atom stereocenters. The van der Waals surface area contributed by atoms with E-state index in [1.54, 1.807) is 36.4 Å². The molecule has 2 N–H and O–H groups in total. The van der Waals surface area contributed by atoms with E-state index < -0.39 is 0 Å². The normalized spacial score (nSPS) is 10.4. The fourth-order valence-corrected chi connectivity index (χ4v) is 3.06. The van der Waals surface area contributed by atoms with E-state index in [2.05, 4.69) is 10.6 Å². The first-order chi connectivity index (χ1) is 13.4. The van der Waals surface area contributed by atoms with Crippen molar-refractivity contribution in [2.45, 2.75) is 0 Å². The van der Waals surface area contributed by atoms with Gasteiger partial charge < -0.3 is 10.6 Å². The minimum absolute atomic E-state index is 0.256. The summed E-state index contributed by atoms with van der Waals surface area (Å²) in [6.45, 7) is 0. The molecular weight excluding hydrogens is 442 g/mol. The second-order valence-corrected chi connectivity index (χ2v) is 7.26. The van der Waals surface area contributed by atoms with Crippen LogP contribution in [0.2, 0.25) is 20.1 Å². The number of hydrogen-bond acceptors (Lipinski definition) is 2. The van der Waals surface area contributed by atoms with E-state index >= 15 is 0 Å². The molecule has 0 saturated carbocycles. The van der Waals surface area contributed by atoms with Gasteiger partial charge in [-0.1, -0.05) is 58.5 Å². The Labute approximate surface area is 181 Å². The molecule has 0 fully saturated rings. The number of rotatable bonds is 4. The molecule has 3 aromatic carbocycles. The van der Waals surface area contributed by atoms with Gasteiger partial charge in [0, 0.05) is 11.1 Å². The summed E-state index contributed by atoms with van der Waals surface area (Å²) in [6.07, 6.45) is 0. The zero-order valence-electron chi connectivity index (χ0n) is 14.1. The maximum Gasteiger partial charge on any atom is 0.255 e. The molecule has 0 heterocycles. The van der Waals surface area contributed by atoms with Crippen LogP contribution in [0.25, 0.3) is 0 Å². The lowest BCUT2D eigenvalue weighted by atomic mass is 10.1. The van der Waals surface area contributed by atoms with E-state index in [1.807, 2.05) is 0 Å². The van der Waals surface area contributed by atoms with E-state index in [1.165, 1.54) is 24.3 Å². The molecule has 0 saturated heterocycles. The monoisotopic (exact) mass is 452 g/mol. The molecule has 0 aliphatic heterocycles. The summed E-state index contributed by atoms with van der Waals surface area (Å²) >= 11 is 24.0. The number of amides is 2. The second-order valence-electron chi connectivity index (χ2n) is 5.69. The number of hydrogen-bond donors (Lipinski definition) is 2. The number of nitrogens with one attached hydrogen (secondary N) is 2. The lowest BCUT2D eigenvalue weighted by Gasteiger charge is -2.10. The maximum atomic E-state index is 12.4. The summed E-state index contributed by atoms with van der Waals surface area (Å²) < 4.78 is 0. The Hall–Kier alpha value is -2.24. The largest absolute Gasteiger partial charge is 0.321 e. The van der Waals surface area contributed by atoms with Gasteiger partial charge in [0.25, 0.3) is 11.8 Å². The molecule has 142 valence electrons. The molecule has 0 radical (unpaired) electrons. The van der Waals surface area contributed by atoms with E-state index in [-0.39, 0.29) is 21.9 Å². The highest BCUT2D eigenvalue weighted by molar-refractivity contribution is 6.44. The van der Waals surface area contributed by atoms with Crippen molar-refractivity contribution in [1.29, 1.82) is 0 Å². The summed E-state index contributed by atoms with van der Waals surface area (Å²) in [7, 11) is 0. The third-order valence-electron chi connectivity index (χ3n) is 3.81. The van der Waals surface area contributed by atoms with Gasteiger partial charge in [-0.05, 0) is 48.5 Å². The van der Waals surface area contributed by atoms with Crippen molar-refractivity contribution in [3.05, 3.63) is 91.9 Å². The van der Waals surface area contributed by atoms with Gasteiger partial charge >= 0.3 is 0 Å². The highest BCUT2D eigenvalue weighted by atomic mass is 35.5. The molecule has 0 atom stereocenters. The van der Waals surface area contributed by atoms with Crippen LogP contribution in [0.1, 0.15) is 20.7 Å². The molecule has 3 aromatic rings. The van der Waals surface area contributed by atoms with Crippen LogP contribution in [-0.2, 0) is 0 Å². The van der Waals surface area contributed by atoms with Crippen molar-refractivity contribution < 1.29 is 9.59 Å². The van der Waals surface area contributed by atoms with Gasteiger partial charge in [0.05, 0.1) is 31.5 Å². The van der Waals surface area contributed by atoms with Crippen molar-refractivity contribution in [2.24, 2.45) is 0 Å². The summed E-state index contributed by atoms with van der Waals surface area (Å²) in [6, 6.07) is 16.0. The molecule has 0 aliphatic carbocycles. The minimum Gasteiger partial charge on any atom is -0.321 e. The third kappa shape index (κ3) is 4.59. The SMILES string of the molecule is O=C(Nc1cccc(Cl)c1Cl)c1ccc(C(=O)Nc2cccc(Cl)c2Cl)cc1. The number of halogens is 4. The lowest BCUT2D eigenvalue weighted by Crippen LogP contribution is -2.14. The van der Waals surface area contributed by atoms with Crippen molar-refractivity contribution in [3.63, 3.8) is 0 Å². The minimum atomic E-state index is -0.381. The van der Waals surface area contributed by atoms with Gasteiger partial charge in [0.15, 0.2) is 0 Å². The first-order valence-corrected chi connectivity index (χ1v) is 9.49. The molecule has 0 aliphatic rings. The predicted molar refractivity (Wildman–Crippen MR) is 115 cm³/mol. The molecule has 4 nitrogen and oxygen atoms in total. The van der Waals surface area contributed by atoms with Crippen LogP contribution in [0, 0.1) is 0 Å². The number of carbonyl (C=O) groups excluding carboxylic acids is 2. The molecule has 0 bridgehead atoms. The zero-order valence-corrected chi connectivity index (χ0v) is 17.1. The van der Waals surface area contributed by atoms with Crippen molar-refractivity contribution >= 4 is 69.6 Å². The average molecular weight is 454 g/mol. The van der Waals surface area contributed by atoms with E-state index in [4.69, 9.17) is 46.4 Å². The molecule has 0 aromatic heterocycles. The fraction of sp³-hybridized carbons (Fsp3) is 0. The van der Waals surface area contributed by atoms with Gasteiger partial charge in [0.2, 0.25) is 0 Å². The Kier molecular flexibility index (Phi) is 6.47. The Morgan fingerprint density at radius 1 is 0.571 bits per heavy atom. The van der Waals surface area contributed by atoms with Gasteiger partial charge in [-0.3, -0.25) is 9.59 Å². The van der Waals surface area contributed by atoms with E-state index in [0.29, 0.717) is 32.5 Å². The van der Waals surface area contributed by atoms with Crippen LogP contribution in [0.4, 0.5) is 11.4 Å². The first-order valence-electron chi connectivity index (χ1n) is 7.97. The van der Waals surface area contributed by atoms with E-state index in [0.717, 1.165) is 0 Å². The average Bonchev–Trinajstić information content (AvgIpc) is 2.69. The molecule has 3 rings (SSSR count). The van der Waals surface area contributed by atoms with Gasteiger partial charge in [-0.15, -0.1) is 0 Å². The summed E-state index contributed by atoms with van der Waals surface area (Å²) in [4.78, 5) is 24.8. The van der Waals surface area contributed by atoms with Crippen LogP contribution < -0.4 is 10.6 Å². The van der Waals surface area contributed by atoms with Gasteiger partial charge in [-0.2, -0.15) is 0 Å². The fourth-order valence-electron chi connectivity index (χ4n) is 2.36. The molecule has 0 spiro atoms. The predicted octanol–water partition coefficient (Wildman–Crippen LogP) is 6.80. The van der Waals surface area contributed by atoms with Crippen LogP contribution >= 0.6 is 46.4 Å². The third-order valence-corrected chi connectivity index (χ3v) is 5.45. The Bertz CT molecular complexity index is 968. The molecular formula is C20H12Cl4N2O2. The van der Waals surface area contributed by atoms with Gasteiger partial charge in [0.1, 0.15) is 0 Å². The Morgan fingerprint density at radius 3 is 1.29 bits per heavy atom. The standard InChI is InChI=1S/C20H12Cl4N2O2/c21-13-3-1-5-15(17(13)23)25-19(27)11-7-9-12(10-8-11)20(28)26-16-6-2-4-14(22)18(16)24/h1-10H,(H,25,27)(H,26,28). The molecule has 28 heavy (non-hydrogen) atoms. The van der Waals surface area contributed by atoms with Crippen LogP contribution in [0.3, 0.4) is 0 Å². The van der Waals surface area contributed by atoms with Crippen molar-refractivity contribution in [3.8, 4) is 0 Å². The second kappa shape index (κ2) is 8.84. The molecule has 2 amide bonds. The van der Waals surface area contributed by atoms with E-state index in [9.17, 15) is 9.59 Å². The number of benzene rings is 3. The summed E-state index contributed by atoms with van der Waals surface area (Å²) in [5.41, 5.74) is 1.51. The van der Waals surface area contributed by atoms with Crippen molar-refractivity contribution in [2.75, 3.05) is 10.6 Å². The molecule has 8 heteroatoms. The quantitative estimate of drug-likeness (QED) is 0.456. The highest BCUT2D eigenvalue weighted by Crippen LogP contribution is 2.31. The summed E-state index contributed by atoms with van der Waals surface area (Å²) in [5.74, 6) is -0.761. The zero-order chi connectivity index (χ0) is 20.3. The number of anilines is 2. The maximum absolute atomic E-state index is 12.4. The van der Waals surface area contributed by atoms with Crippen LogP contribution in [0.15, 0.2) is 60.7 Å². The smallest absolute Gasteiger partial charge is 0.255 e. The summed E-state index contributed by atoms with van der Waals surface area (Å²) in [5, 5.41) is 6.55. The first kappa shape index (κ1) is 20.5.